The number of hydrogen-bond acceptors (Lipinski definition) is 3. The Labute approximate surface area is 92.5 Å². The molecule has 0 saturated heterocycles. The van der Waals surface area contributed by atoms with Gasteiger partial charge in [-0.05, 0) is 47.0 Å². The summed E-state index contributed by atoms with van der Waals surface area (Å²) in [5.74, 6) is 2.02. The molecule has 0 radical (unpaired) electrons. The fourth-order valence-corrected chi connectivity index (χ4v) is 1.27. The third kappa shape index (κ3) is 5.00. The SMILES string of the molecule is CN(C)Cc1ccc(CNC(C)(C)C)o1. The van der Waals surface area contributed by atoms with Crippen molar-refractivity contribution in [2.45, 2.75) is 39.4 Å². The highest BCUT2D eigenvalue weighted by atomic mass is 16.3. The van der Waals surface area contributed by atoms with Crippen LogP contribution in [0, 0.1) is 0 Å². The van der Waals surface area contributed by atoms with Crippen molar-refractivity contribution in [1.29, 1.82) is 0 Å². The van der Waals surface area contributed by atoms with Crippen LogP contribution in [0.4, 0.5) is 0 Å². The molecule has 0 aliphatic heterocycles. The van der Waals surface area contributed by atoms with E-state index in [0.717, 1.165) is 24.6 Å². The third-order valence-electron chi connectivity index (χ3n) is 1.98. The molecule has 1 N–H and O–H groups in total. The molecular weight excluding hydrogens is 188 g/mol. The Morgan fingerprint density at radius 3 is 2.33 bits per heavy atom. The molecule has 1 heterocycles. The van der Waals surface area contributed by atoms with Crippen molar-refractivity contribution >= 4 is 0 Å². The Balaban J connectivity index is 2.46. The van der Waals surface area contributed by atoms with Gasteiger partial charge < -0.3 is 14.6 Å². The number of hydrogen-bond donors (Lipinski definition) is 1. The summed E-state index contributed by atoms with van der Waals surface area (Å²) in [6.45, 7) is 8.09. The molecule has 0 aliphatic rings. The maximum Gasteiger partial charge on any atom is 0.118 e. The van der Waals surface area contributed by atoms with E-state index in [-0.39, 0.29) is 5.54 Å². The van der Waals surface area contributed by atoms with Gasteiger partial charge in [0.05, 0.1) is 13.1 Å². The molecule has 3 heteroatoms. The van der Waals surface area contributed by atoms with E-state index in [1.165, 1.54) is 0 Å². The molecule has 0 amide bonds. The van der Waals surface area contributed by atoms with Crippen molar-refractivity contribution in [2.24, 2.45) is 0 Å². The van der Waals surface area contributed by atoms with Gasteiger partial charge in [0.25, 0.3) is 0 Å². The Morgan fingerprint density at radius 1 is 1.20 bits per heavy atom. The molecule has 1 rings (SSSR count). The largest absolute Gasteiger partial charge is 0.463 e. The van der Waals surface area contributed by atoms with E-state index in [1.54, 1.807) is 0 Å². The Bertz CT molecular complexity index is 297. The Morgan fingerprint density at radius 2 is 1.80 bits per heavy atom. The molecule has 3 nitrogen and oxygen atoms in total. The van der Waals surface area contributed by atoms with Gasteiger partial charge in [-0.15, -0.1) is 0 Å². The topological polar surface area (TPSA) is 28.4 Å². The normalized spacial score (nSPS) is 12.4. The Kier molecular flexibility index (Phi) is 3.94. The summed E-state index contributed by atoms with van der Waals surface area (Å²) in [5, 5.41) is 3.40. The van der Waals surface area contributed by atoms with Crippen LogP contribution in [-0.4, -0.2) is 24.5 Å². The second-order valence-electron chi connectivity index (χ2n) is 5.21. The van der Waals surface area contributed by atoms with Crippen LogP contribution in [0.1, 0.15) is 32.3 Å². The summed E-state index contributed by atoms with van der Waals surface area (Å²) in [6, 6.07) is 4.08. The van der Waals surface area contributed by atoms with Gasteiger partial charge in [-0.3, -0.25) is 0 Å². The molecule has 0 fully saturated rings. The minimum atomic E-state index is 0.133. The van der Waals surface area contributed by atoms with Crippen LogP contribution in [0.3, 0.4) is 0 Å². The predicted molar refractivity (Wildman–Crippen MR) is 62.7 cm³/mol. The lowest BCUT2D eigenvalue weighted by atomic mass is 10.1. The highest BCUT2D eigenvalue weighted by molar-refractivity contribution is 5.07. The van der Waals surface area contributed by atoms with Gasteiger partial charge in [-0.1, -0.05) is 0 Å². The fourth-order valence-electron chi connectivity index (χ4n) is 1.27. The predicted octanol–water partition coefficient (Wildman–Crippen LogP) is 2.23. The first-order valence-corrected chi connectivity index (χ1v) is 5.34. The molecule has 0 atom stereocenters. The van der Waals surface area contributed by atoms with E-state index < -0.39 is 0 Å². The Hall–Kier alpha value is -0.800. The minimum absolute atomic E-state index is 0.133. The monoisotopic (exact) mass is 210 g/mol. The van der Waals surface area contributed by atoms with Crippen molar-refractivity contribution in [3.8, 4) is 0 Å². The standard InChI is InChI=1S/C12H22N2O/c1-12(2,3)13-8-10-6-7-11(15-10)9-14(4)5/h6-7,13H,8-9H2,1-5H3. The number of nitrogens with zero attached hydrogens (tertiary/aromatic N) is 1. The molecule has 15 heavy (non-hydrogen) atoms. The first-order chi connectivity index (χ1) is 6.87. The molecule has 1 aromatic heterocycles. The maximum atomic E-state index is 5.69. The zero-order chi connectivity index (χ0) is 11.5. The zero-order valence-electron chi connectivity index (χ0n) is 10.4. The van der Waals surface area contributed by atoms with Crippen LogP contribution in [0.15, 0.2) is 16.5 Å². The lowest BCUT2D eigenvalue weighted by Gasteiger charge is -2.19. The second-order valence-corrected chi connectivity index (χ2v) is 5.21. The molecule has 0 spiro atoms. The van der Waals surface area contributed by atoms with Crippen molar-refractivity contribution < 1.29 is 4.42 Å². The first-order valence-electron chi connectivity index (χ1n) is 5.34. The summed E-state index contributed by atoms with van der Waals surface area (Å²) in [6.07, 6.45) is 0. The van der Waals surface area contributed by atoms with Gasteiger partial charge in [0.2, 0.25) is 0 Å². The highest BCUT2D eigenvalue weighted by Gasteiger charge is 2.10. The van der Waals surface area contributed by atoms with Crippen molar-refractivity contribution in [1.82, 2.24) is 10.2 Å². The van der Waals surface area contributed by atoms with Gasteiger partial charge in [0.15, 0.2) is 0 Å². The number of furan rings is 1. The maximum absolute atomic E-state index is 5.69. The van der Waals surface area contributed by atoms with Gasteiger partial charge in [-0.25, -0.2) is 0 Å². The van der Waals surface area contributed by atoms with Crippen molar-refractivity contribution in [3.05, 3.63) is 23.7 Å². The van der Waals surface area contributed by atoms with Gasteiger partial charge in [-0.2, -0.15) is 0 Å². The van der Waals surface area contributed by atoms with Gasteiger partial charge >= 0.3 is 0 Å². The van der Waals surface area contributed by atoms with Gasteiger partial charge in [0.1, 0.15) is 11.5 Å². The van der Waals surface area contributed by atoms with E-state index in [0.29, 0.717) is 0 Å². The smallest absolute Gasteiger partial charge is 0.118 e. The highest BCUT2D eigenvalue weighted by Crippen LogP contribution is 2.10. The van der Waals surface area contributed by atoms with E-state index in [2.05, 4.69) is 31.0 Å². The summed E-state index contributed by atoms with van der Waals surface area (Å²) >= 11 is 0. The summed E-state index contributed by atoms with van der Waals surface area (Å²) in [4.78, 5) is 2.10. The van der Waals surface area contributed by atoms with E-state index in [9.17, 15) is 0 Å². The van der Waals surface area contributed by atoms with E-state index in [4.69, 9.17) is 4.42 Å². The minimum Gasteiger partial charge on any atom is -0.463 e. The fraction of sp³-hybridized carbons (Fsp3) is 0.667. The molecule has 86 valence electrons. The lowest BCUT2D eigenvalue weighted by molar-refractivity contribution is 0.329. The zero-order valence-corrected chi connectivity index (χ0v) is 10.4. The second kappa shape index (κ2) is 4.81. The molecule has 0 unspecified atom stereocenters. The van der Waals surface area contributed by atoms with E-state index >= 15 is 0 Å². The van der Waals surface area contributed by atoms with Crippen LogP contribution in [-0.2, 0) is 13.1 Å². The average Bonchev–Trinajstić information content (AvgIpc) is 2.46. The third-order valence-corrected chi connectivity index (χ3v) is 1.98. The van der Waals surface area contributed by atoms with Crippen LogP contribution in [0.5, 0.6) is 0 Å². The molecule has 0 bridgehead atoms. The summed E-state index contributed by atoms with van der Waals surface area (Å²) in [7, 11) is 4.07. The molecule has 0 aromatic carbocycles. The molecule has 0 saturated carbocycles. The molecular formula is C12H22N2O. The average molecular weight is 210 g/mol. The van der Waals surface area contributed by atoms with Crippen LogP contribution in [0.25, 0.3) is 0 Å². The molecule has 0 aliphatic carbocycles. The van der Waals surface area contributed by atoms with E-state index in [1.807, 2.05) is 26.2 Å². The lowest BCUT2D eigenvalue weighted by Crippen LogP contribution is -2.34. The summed E-state index contributed by atoms with van der Waals surface area (Å²) < 4.78 is 5.69. The first kappa shape index (κ1) is 12.3. The number of nitrogens with one attached hydrogen (secondary N) is 1. The van der Waals surface area contributed by atoms with Crippen molar-refractivity contribution in [2.75, 3.05) is 14.1 Å². The van der Waals surface area contributed by atoms with Gasteiger partial charge in [0, 0.05) is 5.54 Å². The van der Waals surface area contributed by atoms with Crippen LogP contribution in [0.2, 0.25) is 0 Å². The quantitative estimate of drug-likeness (QED) is 0.826. The summed E-state index contributed by atoms with van der Waals surface area (Å²) in [5.41, 5.74) is 0.133. The van der Waals surface area contributed by atoms with Crippen LogP contribution < -0.4 is 5.32 Å². The molecule has 1 aromatic rings. The number of rotatable bonds is 4. The van der Waals surface area contributed by atoms with Crippen LogP contribution >= 0.6 is 0 Å². The van der Waals surface area contributed by atoms with Crippen molar-refractivity contribution in [3.63, 3.8) is 0 Å².